The average Bonchev–Trinajstić information content (AvgIpc) is 2.76. The number of aliphatic hydroxyl groups is 1. The predicted molar refractivity (Wildman–Crippen MR) is 74.6 cm³/mol. The number of amides is 1. The van der Waals surface area contributed by atoms with Gasteiger partial charge in [0.15, 0.2) is 0 Å². The second kappa shape index (κ2) is 5.58. The SMILES string of the molecule is Cc1noc2nc(C(C)C)cc(C(=O)NCC(C)O)c12. The molecule has 0 bridgehead atoms. The first-order valence-electron chi connectivity index (χ1n) is 6.63. The van der Waals surface area contributed by atoms with E-state index < -0.39 is 6.10 Å². The summed E-state index contributed by atoms with van der Waals surface area (Å²) in [5.74, 6) is -0.0837. The molecular weight excluding hydrogens is 258 g/mol. The topological polar surface area (TPSA) is 88.2 Å². The standard InChI is InChI=1S/C14H19N3O3/c1-7(2)11-5-10(13(19)15-6-8(3)18)12-9(4)17-20-14(12)16-11/h5,7-8,18H,6H2,1-4H3,(H,15,19). The van der Waals surface area contributed by atoms with Crippen molar-refractivity contribution in [3.05, 3.63) is 23.0 Å². The number of aromatic nitrogens is 2. The quantitative estimate of drug-likeness (QED) is 0.889. The molecule has 0 aliphatic rings. The van der Waals surface area contributed by atoms with E-state index in [1.54, 1.807) is 19.9 Å². The Labute approximate surface area is 117 Å². The van der Waals surface area contributed by atoms with Crippen LogP contribution < -0.4 is 5.32 Å². The van der Waals surface area contributed by atoms with Crippen LogP contribution in [0.5, 0.6) is 0 Å². The maximum atomic E-state index is 12.3. The van der Waals surface area contributed by atoms with Crippen molar-refractivity contribution in [1.29, 1.82) is 0 Å². The van der Waals surface area contributed by atoms with Crippen molar-refractivity contribution in [1.82, 2.24) is 15.5 Å². The summed E-state index contributed by atoms with van der Waals surface area (Å²) in [6, 6.07) is 1.76. The van der Waals surface area contributed by atoms with Gasteiger partial charge in [-0.05, 0) is 25.8 Å². The van der Waals surface area contributed by atoms with E-state index in [9.17, 15) is 9.90 Å². The van der Waals surface area contributed by atoms with Crippen molar-refractivity contribution in [3.63, 3.8) is 0 Å². The molecule has 6 nitrogen and oxygen atoms in total. The van der Waals surface area contributed by atoms with Gasteiger partial charge in [0.2, 0.25) is 0 Å². The van der Waals surface area contributed by atoms with Gasteiger partial charge in [-0.2, -0.15) is 0 Å². The number of aryl methyl sites for hydroxylation is 1. The lowest BCUT2D eigenvalue weighted by Gasteiger charge is -2.10. The van der Waals surface area contributed by atoms with Crippen LogP contribution in [-0.4, -0.2) is 33.8 Å². The molecule has 6 heteroatoms. The molecule has 0 aromatic carbocycles. The van der Waals surface area contributed by atoms with Crippen molar-refractivity contribution in [2.24, 2.45) is 0 Å². The summed E-state index contributed by atoms with van der Waals surface area (Å²) in [5.41, 5.74) is 2.26. The van der Waals surface area contributed by atoms with Gasteiger partial charge < -0.3 is 14.9 Å². The number of nitrogens with one attached hydrogen (secondary N) is 1. The fraction of sp³-hybridized carbons (Fsp3) is 0.500. The van der Waals surface area contributed by atoms with E-state index in [4.69, 9.17) is 4.52 Å². The molecule has 0 saturated carbocycles. The normalized spacial score (nSPS) is 12.9. The molecule has 2 heterocycles. The van der Waals surface area contributed by atoms with Gasteiger partial charge in [0.25, 0.3) is 11.6 Å². The molecular formula is C14H19N3O3. The minimum Gasteiger partial charge on any atom is -0.392 e. The van der Waals surface area contributed by atoms with E-state index in [0.29, 0.717) is 22.4 Å². The number of hydrogen-bond donors (Lipinski definition) is 2. The third kappa shape index (κ3) is 2.80. The maximum Gasteiger partial charge on any atom is 0.259 e. The van der Waals surface area contributed by atoms with Gasteiger partial charge in [-0.1, -0.05) is 19.0 Å². The van der Waals surface area contributed by atoms with Crippen LogP contribution in [0.3, 0.4) is 0 Å². The van der Waals surface area contributed by atoms with Crippen molar-refractivity contribution >= 4 is 17.0 Å². The highest BCUT2D eigenvalue weighted by Crippen LogP contribution is 2.24. The van der Waals surface area contributed by atoms with Gasteiger partial charge in [0, 0.05) is 12.2 Å². The number of nitrogens with zero attached hydrogens (tertiary/aromatic N) is 2. The minimum absolute atomic E-state index is 0.174. The highest BCUT2D eigenvalue weighted by Gasteiger charge is 2.19. The second-order valence-electron chi connectivity index (χ2n) is 5.26. The Morgan fingerprint density at radius 3 is 2.75 bits per heavy atom. The largest absolute Gasteiger partial charge is 0.392 e. The van der Waals surface area contributed by atoms with E-state index in [-0.39, 0.29) is 18.4 Å². The molecule has 1 amide bonds. The summed E-state index contributed by atoms with van der Waals surface area (Å²) in [7, 11) is 0. The smallest absolute Gasteiger partial charge is 0.259 e. The monoisotopic (exact) mass is 277 g/mol. The van der Waals surface area contributed by atoms with Gasteiger partial charge in [-0.15, -0.1) is 0 Å². The van der Waals surface area contributed by atoms with Crippen molar-refractivity contribution in [3.8, 4) is 0 Å². The van der Waals surface area contributed by atoms with Gasteiger partial charge in [-0.3, -0.25) is 4.79 Å². The zero-order valence-electron chi connectivity index (χ0n) is 12.1. The van der Waals surface area contributed by atoms with Crippen LogP contribution in [0.15, 0.2) is 10.6 Å². The Hall–Kier alpha value is -1.95. The molecule has 0 spiro atoms. The molecule has 0 aliphatic heterocycles. The summed E-state index contributed by atoms with van der Waals surface area (Å²) < 4.78 is 5.17. The molecule has 20 heavy (non-hydrogen) atoms. The Bertz CT molecular complexity index is 632. The van der Waals surface area contributed by atoms with Crippen LogP contribution in [0.4, 0.5) is 0 Å². The van der Waals surface area contributed by atoms with Crippen LogP contribution in [0, 0.1) is 6.92 Å². The van der Waals surface area contributed by atoms with Crippen LogP contribution in [0.2, 0.25) is 0 Å². The number of carbonyl (C=O) groups excluding carboxylic acids is 1. The molecule has 2 aromatic heterocycles. The molecule has 2 N–H and O–H groups in total. The average molecular weight is 277 g/mol. The van der Waals surface area contributed by atoms with Crippen molar-refractivity contribution in [2.45, 2.75) is 39.7 Å². The third-order valence-corrected chi connectivity index (χ3v) is 3.03. The molecule has 108 valence electrons. The van der Waals surface area contributed by atoms with Crippen LogP contribution >= 0.6 is 0 Å². The molecule has 1 atom stereocenters. The lowest BCUT2D eigenvalue weighted by molar-refractivity contribution is 0.0925. The maximum absolute atomic E-state index is 12.3. The van der Waals surface area contributed by atoms with E-state index in [2.05, 4.69) is 15.5 Å². The fourth-order valence-electron chi connectivity index (χ4n) is 1.92. The van der Waals surface area contributed by atoms with Gasteiger partial charge in [0.05, 0.1) is 22.7 Å². The summed E-state index contributed by atoms with van der Waals surface area (Å²) in [6.45, 7) is 7.58. The highest BCUT2D eigenvalue weighted by atomic mass is 16.5. The second-order valence-corrected chi connectivity index (χ2v) is 5.26. The zero-order valence-corrected chi connectivity index (χ0v) is 12.1. The Kier molecular flexibility index (Phi) is 4.04. The third-order valence-electron chi connectivity index (χ3n) is 3.03. The van der Waals surface area contributed by atoms with E-state index in [1.165, 1.54) is 0 Å². The van der Waals surface area contributed by atoms with E-state index in [1.807, 2.05) is 13.8 Å². The van der Waals surface area contributed by atoms with Gasteiger partial charge in [-0.25, -0.2) is 4.98 Å². The summed E-state index contributed by atoms with van der Waals surface area (Å²) in [6.07, 6.45) is -0.593. The van der Waals surface area contributed by atoms with Crippen LogP contribution in [-0.2, 0) is 0 Å². The number of fused-ring (bicyclic) bond motifs is 1. The molecule has 0 radical (unpaired) electrons. The number of hydrogen-bond acceptors (Lipinski definition) is 5. The fourth-order valence-corrected chi connectivity index (χ4v) is 1.92. The molecule has 2 rings (SSSR count). The zero-order chi connectivity index (χ0) is 14.9. The summed E-state index contributed by atoms with van der Waals surface area (Å²) in [4.78, 5) is 16.6. The van der Waals surface area contributed by atoms with E-state index >= 15 is 0 Å². The Morgan fingerprint density at radius 1 is 1.45 bits per heavy atom. The van der Waals surface area contributed by atoms with Gasteiger partial charge >= 0.3 is 0 Å². The molecule has 0 saturated heterocycles. The van der Waals surface area contributed by atoms with Crippen LogP contribution in [0.25, 0.3) is 11.1 Å². The van der Waals surface area contributed by atoms with Gasteiger partial charge in [0.1, 0.15) is 0 Å². The van der Waals surface area contributed by atoms with Crippen molar-refractivity contribution in [2.75, 3.05) is 6.54 Å². The van der Waals surface area contributed by atoms with E-state index in [0.717, 1.165) is 5.69 Å². The number of aliphatic hydroxyl groups excluding tert-OH is 1. The molecule has 0 fully saturated rings. The molecule has 2 aromatic rings. The first-order valence-corrected chi connectivity index (χ1v) is 6.63. The number of pyridine rings is 1. The predicted octanol–water partition coefficient (Wildman–Crippen LogP) is 1.77. The lowest BCUT2D eigenvalue weighted by Crippen LogP contribution is -2.30. The Balaban J connectivity index is 2.48. The first kappa shape index (κ1) is 14.5. The highest BCUT2D eigenvalue weighted by molar-refractivity contribution is 6.06. The number of rotatable bonds is 4. The first-order chi connectivity index (χ1) is 9.40. The van der Waals surface area contributed by atoms with Crippen molar-refractivity contribution < 1.29 is 14.4 Å². The number of carbonyl (C=O) groups is 1. The minimum atomic E-state index is -0.593. The Morgan fingerprint density at radius 2 is 2.15 bits per heavy atom. The molecule has 0 aliphatic carbocycles. The lowest BCUT2D eigenvalue weighted by atomic mass is 10.0. The molecule has 1 unspecified atom stereocenters. The van der Waals surface area contributed by atoms with Crippen LogP contribution in [0.1, 0.15) is 48.4 Å². The summed E-state index contributed by atoms with van der Waals surface area (Å²) in [5, 5.41) is 16.4. The summed E-state index contributed by atoms with van der Waals surface area (Å²) >= 11 is 0.